The SMILES string of the molecule is Cc1cc(N(C)C)ccc1NCc1occc1Br. The quantitative estimate of drug-likeness (QED) is 0.924. The number of rotatable bonds is 4. The van der Waals surface area contributed by atoms with Gasteiger partial charge in [-0.1, -0.05) is 0 Å². The van der Waals surface area contributed by atoms with Gasteiger partial charge in [0, 0.05) is 25.5 Å². The van der Waals surface area contributed by atoms with Crippen LogP contribution in [0, 0.1) is 6.92 Å². The highest BCUT2D eigenvalue weighted by Gasteiger charge is 2.05. The van der Waals surface area contributed by atoms with Crippen molar-refractivity contribution in [2.45, 2.75) is 13.5 Å². The lowest BCUT2D eigenvalue weighted by atomic mass is 10.1. The molecule has 1 N–H and O–H groups in total. The summed E-state index contributed by atoms with van der Waals surface area (Å²) < 4.78 is 6.37. The fourth-order valence-electron chi connectivity index (χ4n) is 1.75. The Bertz CT molecular complexity index is 534. The van der Waals surface area contributed by atoms with Crippen molar-refractivity contribution in [3.8, 4) is 0 Å². The zero-order chi connectivity index (χ0) is 13.1. The van der Waals surface area contributed by atoms with Crippen LogP contribution in [0.5, 0.6) is 0 Å². The van der Waals surface area contributed by atoms with Gasteiger partial charge in [-0.15, -0.1) is 0 Å². The van der Waals surface area contributed by atoms with Crippen molar-refractivity contribution in [2.24, 2.45) is 0 Å². The standard InChI is InChI=1S/C14H17BrN2O/c1-10-8-11(17(2)3)4-5-13(10)16-9-14-12(15)6-7-18-14/h4-8,16H,9H2,1-3H3. The van der Waals surface area contributed by atoms with Gasteiger partial charge in [0.05, 0.1) is 17.3 Å². The van der Waals surface area contributed by atoms with Gasteiger partial charge in [-0.05, 0) is 52.7 Å². The monoisotopic (exact) mass is 308 g/mol. The van der Waals surface area contributed by atoms with Gasteiger partial charge >= 0.3 is 0 Å². The first-order chi connectivity index (χ1) is 8.58. The van der Waals surface area contributed by atoms with Crippen LogP contribution in [-0.4, -0.2) is 14.1 Å². The Hall–Kier alpha value is -1.42. The van der Waals surface area contributed by atoms with Crippen molar-refractivity contribution in [2.75, 3.05) is 24.3 Å². The lowest BCUT2D eigenvalue weighted by molar-refractivity contribution is 0.516. The summed E-state index contributed by atoms with van der Waals surface area (Å²) in [4.78, 5) is 2.10. The Morgan fingerprint density at radius 1 is 1.28 bits per heavy atom. The largest absolute Gasteiger partial charge is 0.466 e. The van der Waals surface area contributed by atoms with Crippen molar-refractivity contribution in [3.05, 3.63) is 46.3 Å². The highest BCUT2D eigenvalue weighted by atomic mass is 79.9. The fourth-order valence-corrected chi connectivity index (χ4v) is 2.09. The number of hydrogen-bond donors (Lipinski definition) is 1. The lowest BCUT2D eigenvalue weighted by Gasteiger charge is -2.15. The molecule has 0 fully saturated rings. The van der Waals surface area contributed by atoms with Crippen LogP contribution in [0.2, 0.25) is 0 Å². The third-order valence-electron chi connectivity index (χ3n) is 2.86. The van der Waals surface area contributed by atoms with Gasteiger partial charge in [0.2, 0.25) is 0 Å². The molecule has 1 aromatic heterocycles. The number of benzene rings is 1. The van der Waals surface area contributed by atoms with Gasteiger partial charge in [-0.2, -0.15) is 0 Å². The molecule has 0 aliphatic rings. The molecule has 1 aromatic carbocycles. The summed E-state index contributed by atoms with van der Waals surface area (Å²) in [7, 11) is 4.09. The number of anilines is 2. The average Bonchev–Trinajstić information content (AvgIpc) is 2.73. The molecule has 0 unspecified atom stereocenters. The van der Waals surface area contributed by atoms with Gasteiger partial charge in [0.1, 0.15) is 5.76 Å². The molecule has 2 aromatic rings. The van der Waals surface area contributed by atoms with Gasteiger partial charge in [0.15, 0.2) is 0 Å². The summed E-state index contributed by atoms with van der Waals surface area (Å²) in [6, 6.07) is 8.27. The number of furan rings is 1. The van der Waals surface area contributed by atoms with E-state index in [0.29, 0.717) is 6.54 Å². The fraction of sp³-hybridized carbons (Fsp3) is 0.286. The molecule has 3 nitrogen and oxygen atoms in total. The maximum absolute atomic E-state index is 5.37. The predicted molar refractivity (Wildman–Crippen MR) is 79.2 cm³/mol. The first kappa shape index (κ1) is 13.0. The Kier molecular flexibility index (Phi) is 3.97. The van der Waals surface area contributed by atoms with Gasteiger partial charge in [-0.3, -0.25) is 0 Å². The van der Waals surface area contributed by atoms with E-state index >= 15 is 0 Å². The number of hydrogen-bond acceptors (Lipinski definition) is 3. The van der Waals surface area contributed by atoms with E-state index in [9.17, 15) is 0 Å². The summed E-state index contributed by atoms with van der Waals surface area (Å²) >= 11 is 3.45. The smallest absolute Gasteiger partial charge is 0.136 e. The Morgan fingerprint density at radius 3 is 2.61 bits per heavy atom. The van der Waals surface area contributed by atoms with Gasteiger partial charge < -0.3 is 14.6 Å². The first-order valence-corrected chi connectivity index (χ1v) is 6.61. The second-order valence-electron chi connectivity index (χ2n) is 4.44. The van der Waals surface area contributed by atoms with Gasteiger partial charge in [0.25, 0.3) is 0 Å². The number of aryl methyl sites for hydroxylation is 1. The Morgan fingerprint density at radius 2 is 2.06 bits per heavy atom. The molecular weight excluding hydrogens is 292 g/mol. The number of nitrogens with one attached hydrogen (secondary N) is 1. The van der Waals surface area contributed by atoms with E-state index in [-0.39, 0.29) is 0 Å². The van der Waals surface area contributed by atoms with E-state index < -0.39 is 0 Å². The maximum atomic E-state index is 5.37. The number of nitrogens with zero attached hydrogens (tertiary/aromatic N) is 1. The topological polar surface area (TPSA) is 28.4 Å². The van der Waals surface area contributed by atoms with Crippen molar-refractivity contribution >= 4 is 27.3 Å². The molecule has 2 rings (SSSR count). The lowest BCUT2D eigenvalue weighted by Crippen LogP contribution is -2.09. The molecule has 0 radical (unpaired) electrons. The van der Waals surface area contributed by atoms with E-state index in [0.717, 1.165) is 15.9 Å². The van der Waals surface area contributed by atoms with Crippen LogP contribution < -0.4 is 10.2 Å². The highest BCUT2D eigenvalue weighted by Crippen LogP contribution is 2.23. The first-order valence-electron chi connectivity index (χ1n) is 5.81. The molecule has 0 saturated heterocycles. The van der Waals surface area contributed by atoms with Crippen LogP contribution in [0.4, 0.5) is 11.4 Å². The van der Waals surface area contributed by atoms with Crippen molar-refractivity contribution in [1.82, 2.24) is 0 Å². The van der Waals surface area contributed by atoms with Crippen LogP contribution in [-0.2, 0) is 6.54 Å². The minimum absolute atomic E-state index is 0.676. The molecule has 0 aliphatic carbocycles. The van der Waals surface area contributed by atoms with E-state index in [1.54, 1.807) is 6.26 Å². The van der Waals surface area contributed by atoms with E-state index in [2.05, 4.69) is 51.3 Å². The molecule has 1 heterocycles. The molecule has 0 amide bonds. The third kappa shape index (κ3) is 2.88. The molecule has 0 aliphatic heterocycles. The summed E-state index contributed by atoms with van der Waals surface area (Å²) in [5.41, 5.74) is 3.56. The van der Waals surface area contributed by atoms with Crippen LogP contribution in [0.1, 0.15) is 11.3 Å². The number of halogens is 1. The van der Waals surface area contributed by atoms with Crippen molar-refractivity contribution in [3.63, 3.8) is 0 Å². The summed E-state index contributed by atoms with van der Waals surface area (Å²) in [5.74, 6) is 0.908. The molecule has 0 spiro atoms. The van der Waals surface area contributed by atoms with E-state index in [1.165, 1.54) is 11.3 Å². The Labute approximate surface area is 116 Å². The minimum Gasteiger partial charge on any atom is -0.466 e. The predicted octanol–water partition coefficient (Wildman–Crippen LogP) is 4.03. The van der Waals surface area contributed by atoms with Crippen molar-refractivity contribution < 1.29 is 4.42 Å². The minimum atomic E-state index is 0.676. The summed E-state index contributed by atoms with van der Waals surface area (Å²) in [6.07, 6.45) is 1.68. The van der Waals surface area contributed by atoms with Gasteiger partial charge in [-0.25, -0.2) is 0 Å². The molecule has 18 heavy (non-hydrogen) atoms. The highest BCUT2D eigenvalue weighted by molar-refractivity contribution is 9.10. The maximum Gasteiger partial charge on any atom is 0.136 e. The second kappa shape index (κ2) is 5.48. The summed E-state index contributed by atoms with van der Waals surface area (Å²) in [5, 5.41) is 3.38. The molecular formula is C14H17BrN2O. The van der Waals surface area contributed by atoms with Crippen LogP contribution in [0.3, 0.4) is 0 Å². The zero-order valence-corrected chi connectivity index (χ0v) is 12.4. The molecule has 0 saturated carbocycles. The van der Waals surface area contributed by atoms with Crippen LogP contribution in [0.15, 0.2) is 39.4 Å². The molecule has 0 bridgehead atoms. The normalized spacial score (nSPS) is 10.4. The second-order valence-corrected chi connectivity index (χ2v) is 5.29. The van der Waals surface area contributed by atoms with Crippen LogP contribution in [0.25, 0.3) is 0 Å². The van der Waals surface area contributed by atoms with Crippen molar-refractivity contribution in [1.29, 1.82) is 0 Å². The average molecular weight is 309 g/mol. The van der Waals surface area contributed by atoms with E-state index in [1.807, 2.05) is 20.2 Å². The molecule has 4 heteroatoms. The van der Waals surface area contributed by atoms with E-state index in [4.69, 9.17) is 4.42 Å². The summed E-state index contributed by atoms with van der Waals surface area (Å²) in [6.45, 7) is 2.78. The van der Waals surface area contributed by atoms with Crippen LogP contribution >= 0.6 is 15.9 Å². The molecule has 96 valence electrons. The third-order valence-corrected chi connectivity index (χ3v) is 3.56. The zero-order valence-electron chi connectivity index (χ0n) is 10.8. The Balaban J connectivity index is 2.08. The molecule has 0 atom stereocenters.